The van der Waals surface area contributed by atoms with E-state index >= 15 is 0 Å². The van der Waals surface area contributed by atoms with Crippen LogP contribution in [-0.2, 0) is 11.3 Å². The Morgan fingerprint density at radius 2 is 2.00 bits per heavy atom. The second-order valence-electron chi connectivity index (χ2n) is 4.98. The van der Waals surface area contributed by atoms with Crippen LogP contribution in [0.5, 0.6) is 0 Å². The molecule has 1 N–H and O–H groups in total. The molecule has 7 nitrogen and oxygen atoms in total. The van der Waals surface area contributed by atoms with E-state index in [0.717, 1.165) is 6.07 Å². The first-order valence-corrected chi connectivity index (χ1v) is 6.30. The highest BCUT2D eigenvalue weighted by atomic mass is 19.1. The molecule has 1 aromatic carbocycles. The predicted octanol–water partition coefficient (Wildman–Crippen LogP) is 1.18. The summed E-state index contributed by atoms with van der Waals surface area (Å²) in [6, 6.07) is 3.27. The van der Waals surface area contributed by atoms with E-state index in [2.05, 4.69) is 0 Å². The number of aliphatic carboxylic acids is 1. The first kappa shape index (κ1) is 17.0. The number of halogens is 1. The number of hydrogen-bond donors (Lipinski definition) is 1. The van der Waals surface area contributed by atoms with E-state index in [-0.39, 0.29) is 18.8 Å². The van der Waals surface area contributed by atoms with Gasteiger partial charge in [-0.2, -0.15) is 0 Å². The van der Waals surface area contributed by atoms with Crippen LogP contribution in [0, 0.1) is 15.9 Å². The molecule has 21 heavy (non-hydrogen) atoms. The number of non-ortho nitro benzene ring substituents is 1. The lowest BCUT2D eigenvalue weighted by Crippen LogP contribution is -2.35. The molecule has 0 aliphatic heterocycles. The summed E-state index contributed by atoms with van der Waals surface area (Å²) < 4.78 is 13.4. The number of carbonyl (C=O) groups is 1. The molecule has 0 unspecified atom stereocenters. The normalized spacial score (nSPS) is 11.1. The van der Waals surface area contributed by atoms with Gasteiger partial charge >= 0.3 is 5.97 Å². The van der Waals surface area contributed by atoms with Gasteiger partial charge in [-0.05, 0) is 25.7 Å². The lowest BCUT2D eigenvalue weighted by Gasteiger charge is -2.22. The Labute approximate surface area is 121 Å². The minimum Gasteiger partial charge on any atom is -0.480 e. The van der Waals surface area contributed by atoms with Crippen LogP contribution < -0.4 is 0 Å². The summed E-state index contributed by atoms with van der Waals surface area (Å²) in [5.74, 6) is -1.71. The minimum atomic E-state index is -1.00. The lowest BCUT2D eigenvalue weighted by atomic mass is 10.2. The van der Waals surface area contributed by atoms with E-state index in [1.807, 2.05) is 19.0 Å². The SMILES string of the molecule is CN(C)CCN(CC(=O)O)Cc1cc(F)cc([N+](=O)[O-])c1. The van der Waals surface area contributed by atoms with E-state index in [1.54, 1.807) is 4.90 Å². The Morgan fingerprint density at radius 3 is 2.52 bits per heavy atom. The van der Waals surface area contributed by atoms with Crippen molar-refractivity contribution in [2.45, 2.75) is 6.54 Å². The number of nitro benzene ring substituents is 1. The van der Waals surface area contributed by atoms with Gasteiger partial charge in [0.2, 0.25) is 0 Å². The van der Waals surface area contributed by atoms with Gasteiger partial charge in [-0.3, -0.25) is 19.8 Å². The predicted molar refractivity (Wildman–Crippen MR) is 74.5 cm³/mol. The number of nitro groups is 1. The van der Waals surface area contributed by atoms with Crippen molar-refractivity contribution in [1.29, 1.82) is 0 Å². The van der Waals surface area contributed by atoms with Crippen LogP contribution in [0.1, 0.15) is 5.56 Å². The molecule has 0 bridgehead atoms. The molecule has 0 aliphatic rings. The second-order valence-corrected chi connectivity index (χ2v) is 4.98. The molecule has 1 rings (SSSR count). The Hall–Kier alpha value is -2.06. The highest BCUT2D eigenvalue weighted by molar-refractivity contribution is 5.69. The molecule has 0 heterocycles. The summed E-state index contributed by atoms with van der Waals surface area (Å²) in [4.78, 5) is 24.4. The van der Waals surface area contributed by atoms with Crippen LogP contribution in [0.4, 0.5) is 10.1 Å². The molecule has 0 amide bonds. The zero-order valence-electron chi connectivity index (χ0n) is 12.0. The number of hydrogen-bond acceptors (Lipinski definition) is 5. The van der Waals surface area contributed by atoms with Gasteiger partial charge in [0.05, 0.1) is 17.5 Å². The fraction of sp³-hybridized carbons (Fsp3) is 0.462. The van der Waals surface area contributed by atoms with Crippen LogP contribution in [0.2, 0.25) is 0 Å². The number of nitrogens with zero attached hydrogens (tertiary/aromatic N) is 3. The average Bonchev–Trinajstić information content (AvgIpc) is 2.34. The van der Waals surface area contributed by atoms with Crippen LogP contribution in [0.3, 0.4) is 0 Å². The lowest BCUT2D eigenvalue weighted by molar-refractivity contribution is -0.385. The van der Waals surface area contributed by atoms with Crippen molar-refractivity contribution in [3.8, 4) is 0 Å². The summed E-state index contributed by atoms with van der Waals surface area (Å²) in [6.07, 6.45) is 0. The molecule has 0 radical (unpaired) electrons. The summed E-state index contributed by atoms with van der Waals surface area (Å²) in [5.41, 5.74) is 0.0367. The molecule has 0 aromatic heterocycles. The zero-order valence-corrected chi connectivity index (χ0v) is 12.0. The average molecular weight is 299 g/mol. The van der Waals surface area contributed by atoms with Crippen LogP contribution >= 0.6 is 0 Å². The number of rotatable bonds is 8. The van der Waals surface area contributed by atoms with Crippen LogP contribution in [0.25, 0.3) is 0 Å². The van der Waals surface area contributed by atoms with Crippen molar-refractivity contribution in [1.82, 2.24) is 9.80 Å². The molecule has 0 spiro atoms. The molecule has 116 valence electrons. The van der Waals surface area contributed by atoms with Crippen molar-refractivity contribution < 1.29 is 19.2 Å². The Morgan fingerprint density at radius 1 is 1.33 bits per heavy atom. The molecule has 0 saturated carbocycles. The minimum absolute atomic E-state index is 0.138. The standard InChI is InChI=1S/C13H18FN3O4/c1-15(2)3-4-16(9-13(18)19)8-10-5-11(14)7-12(6-10)17(20)21/h5-7H,3-4,8-9H2,1-2H3,(H,18,19). The largest absolute Gasteiger partial charge is 0.480 e. The Balaban J connectivity index is 2.86. The van der Waals surface area contributed by atoms with Gasteiger partial charge in [0.15, 0.2) is 0 Å². The molecule has 8 heteroatoms. The van der Waals surface area contributed by atoms with Gasteiger partial charge in [-0.25, -0.2) is 4.39 Å². The van der Waals surface area contributed by atoms with Crippen LogP contribution in [0.15, 0.2) is 18.2 Å². The highest BCUT2D eigenvalue weighted by Gasteiger charge is 2.14. The second kappa shape index (κ2) is 7.65. The summed E-state index contributed by atoms with van der Waals surface area (Å²) in [5, 5.41) is 19.6. The number of benzene rings is 1. The topological polar surface area (TPSA) is 86.9 Å². The third kappa shape index (κ3) is 6.28. The zero-order chi connectivity index (χ0) is 16.0. The summed E-state index contributed by atoms with van der Waals surface area (Å²) >= 11 is 0. The molecular formula is C13H18FN3O4. The third-order valence-electron chi connectivity index (χ3n) is 2.78. The summed E-state index contributed by atoms with van der Waals surface area (Å²) in [6.45, 7) is 1.02. The van der Waals surface area contributed by atoms with Crippen molar-refractivity contribution >= 4 is 11.7 Å². The van der Waals surface area contributed by atoms with Gasteiger partial charge in [-0.15, -0.1) is 0 Å². The smallest absolute Gasteiger partial charge is 0.317 e. The molecule has 0 saturated heterocycles. The van der Waals surface area contributed by atoms with E-state index in [9.17, 15) is 19.3 Å². The maximum Gasteiger partial charge on any atom is 0.317 e. The fourth-order valence-corrected chi connectivity index (χ4v) is 1.83. The fourth-order valence-electron chi connectivity index (χ4n) is 1.83. The van der Waals surface area contributed by atoms with Gasteiger partial charge in [0, 0.05) is 25.7 Å². The van der Waals surface area contributed by atoms with Gasteiger partial charge in [0.25, 0.3) is 5.69 Å². The van der Waals surface area contributed by atoms with Gasteiger partial charge < -0.3 is 10.0 Å². The molecule has 0 fully saturated rings. The Bertz CT molecular complexity index is 522. The monoisotopic (exact) mass is 299 g/mol. The summed E-state index contributed by atoms with van der Waals surface area (Å²) in [7, 11) is 3.71. The van der Waals surface area contributed by atoms with E-state index in [4.69, 9.17) is 5.11 Å². The van der Waals surface area contributed by atoms with E-state index in [1.165, 1.54) is 12.1 Å². The van der Waals surface area contributed by atoms with Crippen molar-refractivity contribution in [3.63, 3.8) is 0 Å². The molecule has 0 atom stereocenters. The quantitative estimate of drug-likeness (QED) is 0.573. The van der Waals surface area contributed by atoms with Gasteiger partial charge in [0.1, 0.15) is 5.82 Å². The maximum absolute atomic E-state index is 13.4. The first-order chi connectivity index (χ1) is 9.77. The van der Waals surface area contributed by atoms with Crippen molar-refractivity contribution in [2.24, 2.45) is 0 Å². The number of carboxylic acid groups (broad SMARTS) is 1. The highest BCUT2D eigenvalue weighted by Crippen LogP contribution is 2.17. The first-order valence-electron chi connectivity index (χ1n) is 6.30. The van der Waals surface area contributed by atoms with E-state index in [0.29, 0.717) is 18.7 Å². The molecule has 0 aliphatic carbocycles. The maximum atomic E-state index is 13.4. The van der Waals surface area contributed by atoms with Crippen LogP contribution in [-0.4, -0.2) is 59.5 Å². The molecule has 1 aromatic rings. The molecular weight excluding hydrogens is 281 g/mol. The number of carboxylic acids is 1. The number of likely N-dealkylation sites (N-methyl/N-ethyl adjacent to an activating group) is 1. The van der Waals surface area contributed by atoms with Gasteiger partial charge in [-0.1, -0.05) is 0 Å². The Kier molecular flexibility index (Phi) is 6.19. The van der Waals surface area contributed by atoms with Crippen molar-refractivity contribution in [3.05, 3.63) is 39.7 Å². The van der Waals surface area contributed by atoms with E-state index < -0.39 is 16.7 Å². The third-order valence-corrected chi connectivity index (χ3v) is 2.78. The van der Waals surface area contributed by atoms with Crippen molar-refractivity contribution in [2.75, 3.05) is 33.7 Å².